The highest BCUT2D eigenvalue weighted by molar-refractivity contribution is 7.98. The van der Waals surface area contributed by atoms with Gasteiger partial charge in [-0.3, -0.25) is 14.7 Å². The monoisotopic (exact) mass is 504 g/mol. The summed E-state index contributed by atoms with van der Waals surface area (Å²) in [5.41, 5.74) is 6.38. The number of hydrogen-bond donors (Lipinski definition) is 3. The van der Waals surface area contributed by atoms with Crippen molar-refractivity contribution in [2.24, 2.45) is 5.10 Å². The molecule has 0 unspecified atom stereocenters. The summed E-state index contributed by atoms with van der Waals surface area (Å²) in [5.74, 6) is -0.233. The fourth-order valence-electron chi connectivity index (χ4n) is 3.10. The number of hydrazone groups is 1. The molecule has 0 aliphatic heterocycles. The fourth-order valence-corrected chi connectivity index (χ4v) is 4.00. The van der Waals surface area contributed by atoms with Gasteiger partial charge in [-0.2, -0.15) is 10.2 Å². The fraction of sp³-hybridized carbons (Fsp3) is 0.0800. The number of aromatic amines is 1. The Kier molecular flexibility index (Phi) is 7.92. The van der Waals surface area contributed by atoms with Crippen molar-refractivity contribution < 1.29 is 9.59 Å². The number of nitrogens with zero attached hydrogens (tertiary/aromatic N) is 3. The first kappa shape index (κ1) is 24.2. The molecule has 0 radical (unpaired) electrons. The van der Waals surface area contributed by atoms with E-state index in [1.54, 1.807) is 36.5 Å². The molecule has 2 amide bonds. The Balaban J connectivity index is 1.44. The first-order valence-electron chi connectivity index (χ1n) is 10.6. The van der Waals surface area contributed by atoms with Gasteiger partial charge in [-0.1, -0.05) is 65.3 Å². The van der Waals surface area contributed by atoms with Gasteiger partial charge in [0.25, 0.3) is 11.8 Å². The van der Waals surface area contributed by atoms with Crippen LogP contribution in [0.15, 0.2) is 83.3 Å². The van der Waals surface area contributed by atoms with Crippen molar-refractivity contribution in [2.75, 3.05) is 5.32 Å². The van der Waals surface area contributed by atoms with Crippen molar-refractivity contribution >= 4 is 47.1 Å². The van der Waals surface area contributed by atoms with E-state index in [-0.39, 0.29) is 11.5 Å². The van der Waals surface area contributed by atoms with Gasteiger partial charge in [-0.25, -0.2) is 10.4 Å². The predicted molar refractivity (Wildman–Crippen MR) is 138 cm³/mol. The van der Waals surface area contributed by atoms with Gasteiger partial charge in [0.1, 0.15) is 6.33 Å². The van der Waals surface area contributed by atoms with Gasteiger partial charge in [-0.05, 0) is 48.4 Å². The lowest BCUT2D eigenvalue weighted by Crippen LogP contribution is -2.21. The predicted octanol–water partition coefficient (Wildman–Crippen LogP) is 5.08. The average Bonchev–Trinajstić information content (AvgIpc) is 3.39. The second-order valence-electron chi connectivity index (χ2n) is 7.53. The zero-order chi connectivity index (χ0) is 24.6. The maximum absolute atomic E-state index is 12.9. The van der Waals surface area contributed by atoms with Crippen molar-refractivity contribution in [1.29, 1.82) is 0 Å². The molecule has 1 heterocycles. The lowest BCUT2D eigenvalue weighted by Gasteiger charge is -2.11. The van der Waals surface area contributed by atoms with Crippen LogP contribution in [0.2, 0.25) is 5.02 Å². The van der Waals surface area contributed by atoms with Crippen LogP contribution in [0.1, 0.15) is 37.4 Å². The molecule has 0 aliphatic rings. The molecule has 8 nitrogen and oxygen atoms in total. The smallest absolute Gasteiger partial charge is 0.273 e. The third kappa shape index (κ3) is 6.78. The third-order valence-electron chi connectivity index (χ3n) is 4.89. The third-order valence-corrected chi connectivity index (χ3v) is 6.07. The number of amides is 2. The largest absolute Gasteiger partial charge is 0.321 e. The van der Waals surface area contributed by atoms with Crippen LogP contribution in [0.5, 0.6) is 0 Å². The number of anilines is 1. The first-order chi connectivity index (χ1) is 17.0. The number of carbonyl (C=O) groups is 2. The summed E-state index contributed by atoms with van der Waals surface area (Å²) in [4.78, 5) is 29.8. The molecule has 4 rings (SSSR count). The molecular formula is C25H21ClN6O2S. The Morgan fingerprint density at radius 3 is 2.69 bits per heavy atom. The van der Waals surface area contributed by atoms with Gasteiger partial charge in [0, 0.05) is 16.3 Å². The van der Waals surface area contributed by atoms with Crippen LogP contribution >= 0.6 is 23.4 Å². The molecule has 10 heteroatoms. The van der Waals surface area contributed by atoms with Gasteiger partial charge in [0.15, 0.2) is 5.16 Å². The quantitative estimate of drug-likeness (QED) is 0.176. The summed E-state index contributed by atoms with van der Waals surface area (Å²) in [6.07, 6.45) is 2.99. The molecule has 0 saturated carbocycles. The van der Waals surface area contributed by atoms with Crippen LogP contribution in [0, 0.1) is 6.92 Å². The van der Waals surface area contributed by atoms with Crippen LogP contribution in [0.4, 0.5) is 5.69 Å². The number of aryl methyl sites for hydroxylation is 1. The highest BCUT2D eigenvalue weighted by Crippen LogP contribution is 2.23. The van der Waals surface area contributed by atoms with Crippen molar-refractivity contribution in [3.8, 4) is 0 Å². The number of H-pyrrole nitrogens is 1. The number of aromatic nitrogens is 3. The van der Waals surface area contributed by atoms with Crippen molar-refractivity contribution in [1.82, 2.24) is 20.6 Å². The van der Waals surface area contributed by atoms with Gasteiger partial charge in [0.2, 0.25) is 0 Å². The first-order valence-corrected chi connectivity index (χ1v) is 11.9. The SMILES string of the molecule is Cc1ccc(C=NNC(=O)c2cc(Cl)ccc2NC(=O)c2cccc(CSc3ncn[nH]3)c2)cc1. The van der Waals surface area contributed by atoms with E-state index in [2.05, 4.69) is 31.0 Å². The van der Waals surface area contributed by atoms with Crippen LogP contribution in [0.3, 0.4) is 0 Å². The molecule has 176 valence electrons. The number of hydrogen-bond acceptors (Lipinski definition) is 6. The summed E-state index contributed by atoms with van der Waals surface area (Å²) in [6.45, 7) is 1.99. The van der Waals surface area contributed by atoms with E-state index in [1.807, 2.05) is 37.3 Å². The Morgan fingerprint density at radius 1 is 1.09 bits per heavy atom. The second kappa shape index (κ2) is 11.5. The molecular weight excluding hydrogens is 484 g/mol. The zero-order valence-corrected chi connectivity index (χ0v) is 20.2. The van der Waals surface area contributed by atoms with Crippen molar-refractivity contribution in [2.45, 2.75) is 17.8 Å². The van der Waals surface area contributed by atoms with E-state index >= 15 is 0 Å². The number of halogens is 1. The molecule has 3 aromatic carbocycles. The highest BCUT2D eigenvalue weighted by Gasteiger charge is 2.15. The number of benzene rings is 3. The van der Waals surface area contributed by atoms with E-state index < -0.39 is 5.91 Å². The van der Waals surface area contributed by atoms with Crippen LogP contribution in [-0.2, 0) is 5.75 Å². The molecule has 0 saturated heterocycles. The highest BCUT2D eigenvalue weighted by atomic mass is 35.5. The Morgan fingerprint density at radius 2 is 1.91 bits per heavy atom. The van der Waals surface area contributed by atoms with Gasteiger partial charge >= 0.3 is 0 Å². The van der Waals surface area contributed by atoms with Crippen LogP contribution < -0.4 is 10.7 Å². The zero-order valence-electron chi connectivity index (χ0n) is 18.7. The van der Waals surface area contributed by atoms with E-state index in [9.17, 15) is 9.59 Å². The van der Waals surface area contributed by atoms with E-state index in [0.29, 0.717) is 27.2 Å². The molecule has 3 N–H and O–H groups in total. The number of rotatable bonds is 8. The van der Waals surface area contributed by atoms with Gasteiger partial charge in [0.05, 0.1) is 17.5 Å². The maximum Gasteiger partial charge on any atom is 0.273 e. The van der Waals surface area contributed by atoms with Gasteiger partial charge in [-0.15, -0.1) is 0 Å². The maximum atomic E-state index is 12.9. The summed E-state index contributed by atoms with van der Waals surface area (Å²) in [7, 11) is 0. The second-order valence-corrected chi connectivity index (χ2v) is 8.93. The molecule has 0 spiro atoms. The molecule has 1 aromatic heterocycles. The average molecular weight is 505 g/mol. The van der Waals surface area contributed by atoms with Crippen LogP contribution in [-0.4, -0.2) is 33.2 Å². The van der Waals surface area contributed by atoms with E-state index in [4.69, 9.17) is 11.6 Å². The lowest BCUT2D eigenvalue weighted by molar-refractivity contribution is 0.0956. The Labute approximate surface area is 211 Å². The minimum absolute atomic E-state index is 0.198. The molecule has 0 bridgehead atoms. The van der Waals surface area contributed by atoms with Gasteiger partial charge < -0.3 is 5.32 Å². The number of nitrogens with one attached hydrogen (secondary N) is 3. The summed E-state index contributed by atoms with van der Waals surface area (Å²) >= 11 is 7.59. The summed E-state index contributed by atoms with van der Waals surface area (Å²) in [5, 5.41) is 14.5. The molecule has 0 atom stereocenters. The topological polar surface area (TPSA) is 112 Å². The minimum Gasteiger partial charge on any atom is -0.321 e. The normalized spacial score (nSPS) is 10.9. The van der Waals surface area contributed by atoms with Crippen LogP contribution in [0.25, 0.3) is 0 Å². The standard InChI is InChI=1S/C25H21ClN6O2S/c1-16-5-7-17(8-6-16)13-28-31-24(34)21-12-20(26)9-10-22(21)30-23(33)19-4-2-3-18(11-19)14-35-25-27-15-29-32-25/h2-13,15H,14H2,1H3,(H,30,33)(H,31,34)(H,27,29,32). The summed E-state index contributed by atoms with van der Waals surface area (Å²) < 4.78 is 0. The molecule has 35 heavy (non-hydrogen) atoms. The van der Waals surface area contributed by atoms with E-state index in [1.165, 1.54) is 24.2 Å². The molecule has 0 fully saturated rings. The van der Waals surface area contributed by atoms with Crippen molar-refractivity contribution in [3.63, 3.8) is 0 Å². The minimum atomic E-state index is -0.497. The number of carbonyl (C=O) groups excluding carboxylic acids is 2. The van der Waals surface area contributed by atoms with Crippen molar-refractivity contribution in [3.05, 3.63) is 106 Å². The molecule has 0 aliphatic carbocycles. The Bertz CT molecular complexity index is 1360. The summed E-state index contributed by atoms with van der Waals surface area (Å²) in [6, 6.07) is 19.6. The number of thioether (sulfide) groups is 1. The molecule has 4 aromatic rings. The van der Waals surface area contributed by atoms with E-state index in [0.717, 1.165) is 16.7 Å². The Hall–Kier alpha value is -3.95. The lowest BCUT2D eigenvalue weighted by atomic mass is 10.1.